The lowest BCUT2D eigenvalue weighted by Crippen LogP contribution is -2.35. The third-order valence-electron chi connectivity index (χ3n) is 2.88. The van der Waals surface area contributed by atoms with Crippen molar-refractivity contribution in [3.8, 4) is 5.75 Å². The van der Waals surface area contributed by atoms with Crippen LogP contribution >= 0.6 is 0 Å². The van der Waals surface area contributed by atoms with Gasteiger partial charge in [0.25, 0.3) is 5.91 Å². The maximum absolute atomic E-state index is 12.2. The molecule has 1 aromatic heterocycles. The van der Waals surface area contributed by atoms with Crippen LogP contribution in [0, 0.1) is 0 Å². The van der Waals surface area contributed by atoms with Gasteiger partial charge in [-0.1, -0.05) is 0 Å². The van der Waals surface area contributed by atoms with Gasteiger partial charge in [-0.3, -0.25) is 9.78 Å². The van der Waals surface area contributed by atoms with Gasteiger partial charge in [0.2, 0.25) is 0 Å². The molecule has 1 saturated heterocycles. The van der Waals surface area contributed by atoms with Crippen molar-refractivity contribution in [1.29, 1.82) is 0 Å². The molecule has 4 nitrogen and oxygen atoms in total. The average Bonchev–Trinajstić information content (AvgIpc) is 2.39. The second-order valence-electron chi connectivity index (χ2n) is 3.93. The first-order valence-corrected chi connectivity index (χ1v) is 5.60. The van der Waals surface area contributed by atoms with Crippen molar-refractivity contribution in [2.75, 3.05) is 20.2 Å². The summed E-state index contributed by atoms with van der Waals surface area (Å²) in [4.78, 5) is 18.0. The Hall–Kier alpha value is -1.58. The summed E-state index contributed by atoms with van der Waals surface area (Å²) in [7, 11) is 1.56. The number of piperidine rings is 1. The van der Waals surface area contributed by atoms with Gasteiger partial charge in [-0.25, -0.2) is 0 Å². The number of hydrogen-bond acceptors (Lipinski definition) is 3. The van der Waals surface area contributed by atoms with Crippen molar-refractivity contribution in [2.45, 2.75) is 19.3 Å². The van der Waals surface area contributed by atoms with Gasteiger partial charge in [-0.05, 0) is 25.3 Å². The first-order valence-electron chi connectivity index (χ1n) is 5.60. The lowest BCUT2D eigenvalue weighted by atomic mass is 10.1. The zero-order valence-electron chi connectivity index (χ0n) is 9.48. The van der Waals surface area contributed by atoms with E-state index in [4.69, 9.17) is 4.74 Å². The maximum atomic E-state index is 12.2. The Morgan fingerprint density at radius 3 is 2.81 bits per heavy atom. The van der Waals surface area contributed by atoms with Crippen molar-refractivity contribution >= 4 is 5.91 Å². The smallest absolute Gasteiger partial charge is 0.257 e. The predicted molar refractivity (Wildman–Crippen MR) is 60.5 cm³/mol. The number of carbonyl (C=O) groups excluding carboxylic acids is 1. The van der Waals surface area contributed by atoms with Crippen molar-refractivity contribution in [3.63, 3.8) is 0 Å². The lowest BCUT2D eigenvalue weighted by Gasteiger charge is -2.27. The fourth-order valence-corrected chi connectivity index (χ4v) is 1.99. The van der Waals surface area contributed by atoms with E-state index in [9.17, 15) is 4.79 Å². The number of likely N-dealkylation sites (tertiary alicyclic amines) is 1. The Morgan fingerprint density at radius 1 is 1.38 bits per heavy atom. The predicted octanol–water partition coefficient (Wildman–Crippen LogP) is 1.72. The van der Waals surface area contributed by atoms with E-state index >= 15 is 0 Å². The van der Waals surface area contributed by atoms with Crippen LogP contribution in [0.15, 0.2) is 18.5 Å². The summed E-state index contributed by atoms with van der Waals surface area (Å²) in [5, 5.41) is 0. The van der Waals surface area contributed by atoms with Crippen LogP contribution in [0.5, 0.6) is 5.75 Å². The highest BCUT2D eigenvalue weighted by Crippen LogP contribution is 2.20. The monoisotopic (exact) mass is 220 g/mol. The van der Waals surface area contributed by atoms with Crippen LogP contribution in [0.3, 0.4) is 0 Å². The zero-order valence-corrected chi connectivity index (χ0v) is 9.48. The molecule has 0 unspecified atom stereocenters. The van der Waals surface area contributed by atoms with Gasteiger partial charge in [0.1, 0.15) is 5.75 Å². The molecule has 86 valence electrons. The minimum absolute atomic E-state index is 0.0546. The Labute approximate surface area is 95.2 Å². The molecule has 0 atom stereocenters. The molecule has 0 bridgehead atoms. The molecule has 1 amide bonds. The van der Waals surface area contributed by atoms with Crippen LogP contribution in [0.2, 0.25) is 0 Å². The van der Waals surface area contributed by atoms with Crippen LogP contribution in [-0.2, 0) is 0 Å². The van der Waals surface area contributed by atoms with Gasteiger partial charge in [-0.15, -0.1) is 0 Å². The van der Waals surface area contributed by atoms with E-state index in [-0.39, 0.29) is 5.91 Å². The van der Waals surface area contributed by atoms with Gasteiger partial charge in [0, 0.05) is 19.3 Å². The largest absolute Gasteiger partial charge is 0.494 e. The summed E-state index contributed by atoms with van der Waals surface area (Å²) in [5.74, 6) is 0.608. The standard InChI is InChI=1S/C12H16N2O2/c1-16-11-9-13-6-5-10(11)12(15)14-7-3-2-4-8-14/h5-6,9H,2-4,7-8H2,1H3. The van der Waals surface area contributed by atoms with Crippen molar-refractivity contribution in [1.82, 2.24) is 9.88 Å². The number of ether oxygens (including phenoxy) is 1. The summed E-state index contributed by atoms with van der Waals surface area (Å²) >= 11 is 0. The Balaban J connectivity index is 2.19. The highest BCUT2D eigenvalue weighted by molar-refractivity contribution is 5.96. The van der Waals surface area contributed by atoms with Crippen LogP contribution in [0.25, 0.3) is 0 Å². The molecule has 2 heterocycles. The third-order valence-corrected chi connectivity index (χ3v) is 2.88. The molecule has 0 aliphatic carbocycles. The molecular formula is C12H16N2O2. The number of pyridine rings is 1. The molecule has 2 rings (SSSR count). The molecular weight excluding hydrogens is 204 g/mol. The first kappa shape index (κ1) is 10.9. The van der Waals surface area contributed by atoms with E-state index in [2.05, 4.69) is 4.98 Å². The number of methoxy groups -OCH3 is 1. The van der Waals surface area contributed by atoms with Gasteiger partial charge in [-0.2, -0.15) is 0 Å². The number of aromatic nitrogens is 1. The summed E-state index contributed by atoms with van der Waals surface area (Å²) in [6.45, 7) is 1.70. The van der Waals surface area contributed by atoms with E-state index in [1.54, 1.807) is 25.6 Å². The molecule has 0 saturated carbocycles. The number of nitrogens with zero attached hydrogens (tertiary/aromatic N) is 2. The van der Waals surface area contributed by atoms with E-state index in [0.717, 1.165) is 25.9 Å². The minimum Gasteiger partial charge on any atom is -0.494 e. The fraction of sp³-hybridized carbons (Fsp3) is 0.500. The molecule has 0 radical (unpaired) electrons. The van der Waals surface area contributed by atoms with Crippen molar-refractivity contribution < 1.29 is 9.53 Å². The molecule has 0 aromatic carbocycles. The van der Waals surface area contributed by atoms with Gasteiger partial charge in [0.15, 0.2) is 0 Å². The average molecular weight is 220 g/mol. The van der Waals surface area contributed by atoms with Crippen LogP contribution < -0.4 is 4.74 Å². The summed E-state index contributed by atoms with van der Waals surface area (Å²) in [6.07, 6.45) is 6.62. The van der Waals surface area contributed by atoms with Crippen molar-refractivity contribution in [2.24, 2.45) is 0 Å². The highest BCUT2D eigenvalue weighted by atomic mass is 16.5. The molecule has 4 heteroatoms. The number of rotatable bonds is 2. The molecule has 16 heavy (non-hydrogen) atoms. The molecule has 1 aliphatic rings. The summed E-state index contributed by atoms with van der Waals surface area (Å²) < 4.78 is 5.15. The summed E-state index contributed by atoms with van der Waals surface area (Å²) in [5.41, 5.74) is 0.611. The molecule has 0 N–H and O–H groups in total. The zero-order chi connectivity index (χ0) is 11.4. The number of hydrogen-bond donors (Lipinski definition) is 0. The van der Waals surface area contributed by atoms with Crippen molar-refractivity contribution in [3.05, 3.63) is 24.0 Å². The maximum Gasteiger partial charge on any atom is 0.257 e. The SMILES string of the molecule is COc1cnccc1C(=O)N1CCCCC1. The quantitative estimate of drug-likeness (QED) is 0.762. The first-order chi connectivity index (χ1) is 7.83. The van der Waals surface area contributed by atoms with E-state index in [0.29, 0.717) is 11.3 Å². The lowest BCUT2D eigenvalue weighted by molar-refractivity contribution is 0.0721. The number of amides is 1. The van der Waals surface area contributed by atoms with Gasteiger partial charge >= 0.3 is 0 Å². The molecule has 0 spiro atoms. The van der Waals surface area contributed by atoms with Crippen LogP contribution in [0.4, 0.5) is 0 Å². The van der Waals surface area contributed by atoms with Crippen LogP contribution in [0.1, 0.15) is 29.6 Å². The Kier molecular flexibility index (Phi) is 3.39. The Bertz CT molecular complexity index is 373. The number of carbonyl (C=O) groups is 1. The summed E-state index contributed by atoms with van der Waals surface area (Å²) in [6, 6.07) is 1.72. The second kappa shape index (κ2) is 4.96. The molecule has 1 aliphatic heterocycles. The molecule has 1 fully saturated rings. The molecule has 1 aromatic rings. The third kappa shape index (κ3) is 2.15. The minimum atomic E-state index is 0.0546. The normalized spacial score (nSPS) is 15.9. The fourth-order valence-electron chi connectivity index (χ4n) is 1.99. The van der Waals surface area contributed by atoms with Gasteiger partial charge < -0.3 is 9.64 Å². The topological polar surface area (TPSA) is 42.4 Å². The highest BCUT2D eigenvalue weighted by Gasteiger charge is 2.20. The van der Waals surface area contributed by atoms with E-state index in [1.807, 2.05) is 4.90 Å². The van der Waals surface area contributed by atoms with E-state index in [1.165, 1.54) is 6.42 Å². The second-order valence-corrected chi connectivity index (χ2v) is 3.93. The van der Waals surface area contributed by atoms with Crippen LogP contribution in [-0.4, -0.2) is 36.0 Å². The van der Waals surface area contributed by atoms with Gasteiger partial charge in [0.05, 0.1) is 18.9 Å². The van der Waals surface area contributed by atoms with E-state index < -0.39 is 0 Å². The Morgan fingerprint density at radius 2 is 2.12 bits per heavy atom.